The summed E-state index contributed by atoms with van der Waals surface area (Å²) in [4.78, 5) is 0. The monoisotopic (exact) mass is 799 g/mol. The molecule has 0 saturated heterocycles. The summed E-state index contributed by atoms with van der Waals surface area (Å²) in [6, 6.07) is 27.7. The molecule has 0 spiro atoms. The number of hydrogen-bond donors (Lipinski definition) is 0. The summed E-state index contributed by atoms with van der Waals surface area (Å²) in [5.74, 6) is 4.88. The highest BCUT2D eigenvalue weighted by Crippen LogP contribution is 2.38. The van der Waals surface area contributed by atoms with Gasteiger partial charge in [0.1, 0.15) is 0 Å². The number of hydrogen-bond acceptors (Lipinski definition) is 0. The van der Waals surface area contributed by atoms with E-state index in [1.54, 1.807) is 16.7 Å². The van der Waals surface area contributed by atoms with Crippen LogP contribution in [0.5, 0.6) is 0 Å². The van der Waals surface area contributed by atoms with Gasteiger partial charge in [-0.25, -0.2) is 0 Å². The topological polar surface area (TPSA) is 94.5 Å². The van der Waals surface area contributed by atoms with E-state index in [1.807, 2.05) is 0 Å². The molecular weight excluding hydrogens is 709 g/mol. The Morgan fingerprint density at radius 2 is 0.690 bits per heavy atom. The van der Waals surface area contributed by atoms with Gasteiger partial charge in [-0.15, -0.1) is 0 Å². The molecule has 0 aliphatic heterocycles. The average molecular weight is 799 g/mol. The van der Waals surface area contributed by atoms with Crippen LogP contribution >= 0.6 is 0 Å². The third-order valence-electron chi connectivity index (χ3n) is 12.2. The first-order valence-corrected chi connectivity index (χ1v) is 21.2. The lowest BCUT2D eigenvalue weighted by Gasteiger charge is -2.27. The molecule has 0 heterocycles. The summed E-state index contributed by atoms with van der Waals surface area (Å²) in [6.45, 7) is 12.9. The van der Waals surface area contributed by atoms with Crippen LogP contribution in [-0.2, 0) is 12.8 Å². The molecule has 0 radical (unpaired) electrons. The van der Waals surface area contributed by atoms with Crippen LogP contribution in [0, 0.1) is 24.7 Å². The molecule has 0 amide bonds. The van der Waals surface area contributed by atoms with Crippen LogP contribution in [-0.4, -0.2) is 16.4 Å². The first-order chi connectivity index (χ1) is 25.5. The smallest absolute Gasteiger partial charge is 0.0162 e. The lowest BCUT2D eigenvalue weighted by Crippen LogP contribution is -2.11. The molecule has 6 rings (SSSR count). The van der Waals surface area contributed by atoms with Crippen LogP contribution in [0.15, 0.2) is 121 Å². The largest absolute Gasteiger partial charge is 0.412 e. The number of aryl methyl sites for hydroxylation is 3. The van der Waals surface area contributed by atoms with Crippen LogP contribution in [0.1, 0.15) is 185 Å². The van der Waals surface area contributed by atoms with Gasteiger partial charge in [-0.3, -0.25) is 0 Å². The first-order valence-electron chi connectivity index (χ1n) is 21.2. The second-order valence-electron chi connectivity index (χ2n) is 15.9. The van der Waals surface area contributed by atoms with Crippen molar-refractivity contribution in [1.82, 2.24) is 0 Å². The van der Waals surface area contributed by atoms with Crippen molar-refractivity contribution in [2.24, 2.45) is 17.8 Å². The molecule has 0 bridgehead atoms. The van der Waals surface area contributed by atoms with Gasteiger partial charge in [-0.1, -0.05) is 163 Å². The molecular formula is C55H90O3. The van der Waals surface area contributed by atoms with E-state index in [2.05, 4.69) is 163 Å². The lowest BCUT2D eigenvalue weighted by molar-refractivity contribution is 0.375. The Balaban J connectivity index is -0.000000746. The molecule has 0 aromatic heterocycles. The van der Waals surface area contributed by atoms with Crippen molar-refractivity contribution >= 4 is 0 Å². The van der Waals surface area contributed by atoms with Crippen molar-refractivity contribution in [2.45, 2.75) is 171 Å². The molecule has 3 aliphatic carbocycles. The van der Waals surface area contributed by atoms with E-state index < -0.39 is 0 Å². The normalized spacial score (nSPS) is 22.6. The predicted molar refractivity (Wildman–Crippen MR) is 262 cm³/mol. The van der Waals surface area contributed by atoms with Gasteiger partial charge in [0.05, 0.1) is 0 Å². The molecule has 3 nitrogen and oxygen atoms in total. The Morgan fingerprint density at radius 3 is 0.966 bits per heavy atom. The van der Waals surface area contributed by atoms with Crippen LogP contribution < -0.4 is 0 Å². The Morgan fingerprint density at radius 1 is 0.397 bits per heavy atom. The average Bonchev–Trinajstić information content (AvgIpc) is 3.20. The van der Waals surface area contributed by atoms with E-state index in [4.69, 9.17) is 0 Å². The zero-order valence-corrected chi connectivity index (χ0v) is 35.4. The highest BCUT2D eigenvalue weighted by molar-refractivity contribution is 5.27. The van der Waals surface area contributed by atoms with Crippen LogP contribution in [0.4, 0.5) is 0 Å². The maximum absolute atomic E-state index is 2.39. The second-order valence-corrected chi connectivity index (χ2v) is 15.9. The Hall–Kier alpha value is -3.50. The standard InChI is InChI=1S/C19H26.C17H24.C16H22.3CH4.3H2O/c1-3-5-6-7-17-10-14-19(15-11-17)18-12-8-16(4-2)9-13-18;1-3-5-15-8-12-17(13-9-15)16-10-6-14(4-2)7-11-16;1-3-4-14-7-11-16(12-8-14)15-9-5-13(2)6-10-15;;;;;;/h3,5-9,12-13,17,19H,4,10-11,14-15H2,1-2H3;3,5-7,10-11,15,17H,4,8-9,12-13H2,1-2H3;3-6,9-10,14,16H,7-8,11-12H2,1-2H3;3*1H4;3*1H2/b5-3+,7-6+;5-3+;4-3+;;;;;;. The quantitative estimate of drug-likeness (QED) is 0.152. The lowest BCUT2D eigenvalue weighted by atomic mass is 9.78. The Bertz CT molecular complexity index is 1490. The van der Waals surface area contributed by atoms with Crippen LogP contribution in [0.3, 0.4) is 0 Å². The predicted octanol–water partition coefficient (Wildman–Crippen LogP) is 15.0. The maximum Gasteiger partial charge on any atom is -0.0162 e. The van der Waals surface area contributed by atoms with E-state index >= 15 is 0 Å². The molecule has 0 atom stereocenters. The molecule has 3 heteroatoms. The van der Waals surface area contributed by atoms with Crippen LogP contribution in [0.2, 0.25) is 0 Å². The summed E-state index contributed by atoms with van der Waals surface area (Å²) >= 11 is 0. The van der Waals surface area contributed by atoms with Crippen molar-refractivity contribution < 1.29 is 16.4 Å². The summed E-state index contributed by atoms with van der Waals surface area (Å²) in [7, 11) is 0. The fourth-order valence-corrected chi connectivity index (χ4v) is 8.70. The molecule has 3 saturated carbocycles. The summed E-state index contributed by atoms with van der Waals surface area (Å²) < 4.78 is 0. The summed E-state index contributed by atoms with van der Waals surface area (Å²) in [5, 5.41) is 0. The molecule has 58 heavy (non-hydrogen) atoms. The van der Waals surface area contributed by atoms with Crippen molar-refractivity contribution in [2.75, 3.05) is 0 Å². The van der Waals surface area contributed by atoms with E-state index in [9.17, 15) is 0 Å². The zero-order valence-electron chi connectivity index (χ0n) is 35.4. The van der Waals surface area contributed by atoms with Crippen LogP contribution in [0.25, 0.3) is 0 Å². The fraction of sp³-hybridized carbons (Fsp3) is 0.527. The van der Waals surface area contributed by atoms with Gasteiger partial charge in [0.25, 0.3) is 0 Å². The molecule has 0 unspecified atom stereocenters. The molecule has 328 valence electrons. The van der Waals surface area contributed by atoms with E-state index in [1.165, 1.54) is 93.7 Å². The zero-order chi connectivity index (χ0) is 37.0. The third-order valence-corrected chi connectivity index (χ3v) is 12.2. The second kappa shape index (κ2) is 33.3. The van der Waals surface area contributed by atoms with Gasteiger partial charge in [0.2, 0.25) is 0 Å². The summed E-state index contributed by atoms with van der Waals surface area (Å²) in [6.07, 6.45) is 36.6. The number of rotatable bonds is 9. The van der Waals surface area contributed by atoms with E-state index in [0.29, 0.717) is 0 Å². The van der Waals surface area contributed by atoms with E-state index in [0.717, 1.165) is 48.3 Å². The maximum atomic E-state index is 2.39. The summed E-state index contributed by atoms with van der Waals surface area (Å²) in [5.41, 5.74) is 8.92. The van der Waals surface area contributed by atoms with Gasteiger partial charge in [0, 0.05) is 0 Å². The van der Waals surface area contributed by atoms with Gasteiger partial charge in [-0.05, 0) is 181 Å². The number of benzene rings is 3. The number of allylic oxidation sites excluding steroid dienone is 8. The molecule has 3 aromatic rings. The third kappa shape index (κ3) is 20.0. The van der Waals surface area contributed by atoms with Crippen molar-refractivity contribution in [3.8, 4) is 0 Å². The minimum Gasteiger partial charge on any atom is -0.412 e. The first kappa shape index (κ1) is 58.8. The van der Waals surface area contributed by atoms with Crippen molar-refractivity contribution in [1.29, 1.82) is 0 Å². The molecule has 6 N–H and O–H groups in total. The SMILES string of the molecule is C.C.C.C/C=C/C1CCC(c2ccc(C)cc2)CC1.C/C=C/C1CCC(c2ccc(CC)cc2)CC1.C/C=C/C=C/C1CCC(c2ccc(CC)cc2)CC1.O.O.O. The Kier molecular flexibility index (Phi) is 33.8. The minimum absolute atomic E-state index is 0. The van der Waals surface area contributed by atoms with Gasteiger partial charge in [-0.2, -0.15) is 0 Å². The highest BCUT2D eigenvalue weighted by Gasteiger charge is 2.22. The van der Waals surface area contributed by atoms with Gasteiger partial charge in [0.15, 0.2) is 0 Å². The van der Waals surface area contributed by atoms with Crippen molar-refractivity contribution in [3.05, 3.63) is 155 Å². The fourth-order valence-electron chi connectivity index (χ4n) is 8.70. The molecule has 3 fully saturated rings. The molecule has 3 aromatic carbocycles. The van der Waals surface area contributed by atoms with E-state index in [-0.39, 0.29) is 38.7 Å². The Labute approximate surface area is 359 Å². The van der Waals surface area contributed by atoms with Gasteiger partial charge < -0.3 is 16.4 Å². The molecule has 3 aliphatic rings. The van der Waals surface area contributed by atoms with Gasteiger partial charge >= 0.3 is 0 Å². The minimum atomic E-state index is 0. The van der Waals surface area contributed by atoms with Crippen molar-refractivity contribution in [3.63, 3.8) is 0 Å². The highest BCUT2D eigenvalue weighted by atomic mass is 16.0.